The van der Waals surface area contributed by atoms with E-state index in [1.165, 1.54) is 81.0 Å². The Kier molecular flexibility index (Phi) is 6.80. The van der Waals surface area contributed by atoms with E-state index >= 15 is 0 Å². The van der Waals surface area contributed by atoms with Gasteiger partial charge < -0.3 is 9.47 Å². The van der Waals surface area contributed by atoms with Gasteiger partial charge in [-0.2, -0.15) is 0 Å². The summed E-state index contributed by atoms with van der Waals surface area (Å²) in [6.45, 7) is 4.76. The zero-order chi connectivity index (χ0) is 36.0. The number of anilines is 3. The van der Waals surface area contributed by atoms with Crippen molar-refractivity contribution in [3.63, 3.8) is 0 Å². The summed E-state index contributed by atoms with van der Waals surface area (Å²) < 4.78 is 5.03. The van der Waals surface area contributed by atoms with Crippen LogP contribution in [-0.4, -0.2) is 4.57 Å². The summed E-state index contributed by atoms with van der Waals surface area (Å²) in [6.07, 6.45) is 0. The molecule has 1 aliphatic rings. The van der Waals surface area contributed by atoms with Crippen LogP contribution in [0.3, 0.4) is 0 Å². The Hall–Kier alpha value is -6.42. The van der Waals surface area contributed by atoms with Gasteiger partial charge in [-0.15, -0.1) is 11.3 Å². The molecule has 10 aromatic rings. The molecule has 0 spiro atoms. The van der Waals surface area contributed by atoms with Gasteiger partial charge in [0.15, 0.2) is 0 Å². The lowest BCUT2D eigenvalue weighted by atomic mass is 9.81. The number of benzene rings is 8. The van der Waals surface area contributed by atoms with Gasteiger partial charge in [0.2, 0.25) is 0 Å². The smallest absolute Gasteiger partial charge is 0.0541 e. The van der Waals surface area contributed by atoms with Crippen molar-refractivity contribution in [1.29, 1.82) is 0 Å². The zero-order valence-corrected chi connectivity index (χ0v) is 30.9. The summed E-state index contributed by atoms with van der Waals surface area (Å²) in [7, 11) is 0. The minimum atomic E-state index is -0.171. The highest BCUT2D eigenvalue weighted by Crippen LogP contribution is 2.54. The molecule has 1 aliphatic carbocycles. The van der Waals surface area contributed by atoms with Crippen molar-refractivity contribution in [2.45, 2.75) is 19.3 Å². The molecular formula is C51H36N2S. The number of aromatic nitrogens is 1. The molecule has 0 radical (unpaired) electrons. The third kappa shape index (κ3) is 4.58. The summed E-state index contributed by atoms with van der Waals surface area (Å²) >= 11 is 1.86. The fourth-order valence-electron chi connectivity index (χ4n) is 9.02. The maximum atomic E-state index is 2.44. The second-order valence-electron chi connectivity index (χ2n) is 14.9. The molecule has 0 fully saturated rings. The fraction of sp³-hybridized carbons (Fsp3) is 0.0588. The average Bonchev–Trinajstić information content (AvgIpc) is 3.84. The predicted molar refractivity (Wildman–Crippen MR) is 231 cm³/mol. The molecule has 2 heterocycles. The van der Waals surface area contributed by atoms with Crippen LogP contribution in [0.25, 0.3) is 69.9 Å². The molecule has 54 heavy (non-hydrogen) atoms. The van der Waals surface area contributed by atoms with Gasteiger partial charge in [-0.1, -0.05) is 123 Å². The van der Waals surface area contributed by atoms with E-state index in [2.05, 4.69) is 205 Å². The zero-order valence-electron chi connectivity index (χ0n) is 30.1. The molecule has 8 aromatic carbocycles. The van der Waals surface area contributed by atoms with E-state index in [4.69, 9.17) is 0 Å². The molecular weight excluding hydrogens is 673 g/mol. The van der Waals surface area contributed by atoms with Gasteiger partial charge in [0.1, 0.15) is 0 Å². The predicted octanol–water partition coefficient (Wildman–Crippen LogP) is 14.6. The van der Waals surface area contributed by atoms with Crippen molar-refractivity contribution in [2.24, 2.45) is 0 Å². The van der Waals surface area contributed by atoms with Crippen LogP contribution in [-0.2, 0) is 5.41 Å². The number of hydrogen-bond acceptors (Lipinski definition) is 2. The van der Waals surface area contributed by atoms with Gasteiger partial charge in [-0.05, 0) is 106 Å². The first-order chi connectivity index (χ1) is 26.5. The highest BCUT2D eigenvalue weighted by atomic mass is 32.1. The third-order valence-corrected chi connectivity index (χ3v) is 12.7. The van der Waals surface area contributed by atoms with E-state index in [9.17, 15) is 0 Å². The molecule has 0 saturated carbocycles. The summed E-state index contributed by atoms with van der Waals surface area (Å²) in [6, 6.07) is 67.0. The average molecular weight is 709 g/mol. The van der Waals surface area contributed by atoms with Gasteiger partial charge in [0, 0.05) is 59.1 Å². The first-order valence-corrected chi connectivity index (χ1v) is 19.5. The van der Waals surface area contributed by atoms with Crippen LogP contribution in [0.2, 0.25) is 0 Å². The lowest BCUT2D eigenvalue weighted by Crippen LogP contribution is -2.16. The maximum absolute atomic E-state index is 2.44. The van der Waals surface area contributed by atoms with Crippen LogP contribution in [0.1, 0.15) is 25.0 Å². The summed E-state index contributed by atoms with van der Waals surface area (Å²) in [5.41, 5.74) is 14.8. The first kappa shape index (κ1) is 31.1. The van der Waals surface area contributed by atoms with Crippen molar-refractivity contribution >= 4 is 70.4 Å². The van der Waals surface area contributed by atoms with Crippen molar-refractivity contribution < 1.29 is 0 Å². The Labute approximate surface area is 318 Å². The number of thiophene rings is 1. The van der Waals surface area contributed by atoms with Gasteiger partial charge in [-0.3, -0.25) is 0 Å². The number of nitrogens with zero attached hydrogens (tertiary/aromatic N) is 2. The Bertz CT molecular complexity index is 3020. The number of para-hydroxylation sites is 3. The van der Waals surface area contributed by atoms with Crippen LogP contribution < -0.4 is 4.90 Å². The number of hydrogen-bond donors (Lipinski definition) is 0. The number of rotatable bonds is 5. The van der Waals surface area contributed by atoms with E-state index in [1.54, 1.807) is 0 Å². The molecule has 0 atom stereocenters. The largest absolute Gasteiger partial charge is 0.310 e. The van der Waals surface area contributed by atoms with Gasteiger partial charge >= 0.3 is 0 Å². The van der Waals surface area contributed by atoms with Crippen LogP contribution in [0.4, 0.5) is 17.1 Å². The van der Waals surface area contributed by atoms with Crippen molar-refractivity contribution in [3.8, 4) is 27.9 Å². The highest BCUT2D eigenvalue weighted by Gasteiger charge is 2.37. The Morgan fingerprint density at radius 2 is 1.07 bits per heavy atom. The molecule has 0 amide bonds. The molecule has 3 heteroatoms. The lowest BCUT2D eigenvalue weighted by Gasteiger charge is -2.28. The lowest BCUT2D eigenvalue weighted by molar-refractivity contribution is 0.660. The second-order valence-corrected chi connectivity index (χ2v) is 16.0. The van der Waals surface area contributed by atoms with Gasteiger partial charge in [0.05, 0.1) is 11.0 Å². The van der Waals surface area contributed by atoms with Gasteiger partial charge in [0.25, 0.3) is 0 Å². The molecule has 0 unspecified atom stereocenters. The summed E-state index contributed by atoms with van der Waals surface area (Å²) in [5, 5.41) is 5.18. The van der Waals surface area contributed by atoms with E-state index in [0.29, 0.717) is 0 Å². The van der Waals surface area contributed by atoms with Crippen LogP contribution >= 0.6 is 11.3 Å². The summed E-state index contributed by atoms with van der Waals surface area (Å²) in [5.74, 6) is 0. The Morgan fingerprint density at radius 3 is 1.83 bits per heavy atom. The first-order valence-electron chi connectivity index (χ1n) is 18.7. The Morgan fingerprint density at radius 1 is 0.444 bits per heavy atom. The fourth-order valence-corrected chi connectivity index (χ4v) is 10.1. The van der Waals surface area contributed by atoms with Gasteiger partial charge in [-0.25, -0.2) is 0 Å². The van der Waals surface area contributed by atoms with Crippen LogP contribution in [0.15, 0.2) is 182 Å². The normalized spacial score (nSPS) is 13.1. The molecule has 0 aliphatic heterocycles. The van der Waals surface area contributed by atoms with Crippen molar-refractivity contribution in [1.82, 2.24) is 4.57 Å². The molecule has 0 saturated heterocycles. The maximum Gasteiger partial charge on any atom is 0.0541 e. The van der Waals surface area contributed by atoms with Crippen molar-refractivity contribution in [3.05, 3.63) is 193 Å². The molecule has 0 bridgehead atoms. The molecule has 2 nitrogen and oxygen atoms in total. The van der Waals surface area contributed by atoms with Crippen LogP contribution in [0, 0.1) is 0 Å². The Balaban J connectivity index is 1.03. The molecule has 11 rings (SSSR count). The standard InChI is InChI=1S/C51H36N2S/c1-51(2)44-19-12-18-38(33-23-25-35(26-24-33)53-46-20-9-6-15-39(46)40-16-7-10-21-47(40)53)50(44)42-29-27-37(32-45(42)51)52(34-13-4-3-5-14-34)36-28-30-49-43(31-36)41-17-8-11-22-48(41)54-49/h3-32H,1-2H3. The monoisotopic (exact) mass is 708 g/mol. The highest BCUT2D eigenvalue weighted by molar-refractivity contribution is 7.25. The van der Waals surface area contributed by atoms with E-state index in [0.717, 1.165) is 17.1 Å². The van der Waals surface area contributed by atoms with E-state index in [-0.39, 0.29) is 5.41 Å². The third-order valence-electron chi connectivity index (χ3n) is 11.6. The SMILES string of the molecule is CC1(C)c2cc(N(c3ccccc3)c3ccc4sc5ccccc5c4c3)ccc2-c2c(-c3ccc(-n4c5ccccc5c5ccccc54)cc3)cccc21. The van der Waals surface area contributed by atoms with E-state index < -0.39 is 0 Å². The second kappa shape index (κ2) is 11.8. The molecule has 2 aromatic heterocycles. The molecule has 0 N–H and O–H groups in total. The van der Waals surface area contributed by atoms with E-state index in [1.807, 2.05) is 11.3 Å². The summed E-state index contributed by atoms with van der Waals surface area (Å²) in [4.78, 5) is 2.42. The van der Waals surface area contributed by atoms with Crippen LogP contribution in [0.5, 0.6) is 0 Å². The quantitative estimate of drug-likeness (QED) is 0.173. The minimum absolute atomic E-state index is 0.171. The van der Waals surface area contributed by atoms with Crippen molar-refractivity contribution in [2.75, 3.05) is 4.90 Å². The number of fused-ring (bicyclic) bond motifs is 9. The minimum Gasteiger partial charge on any atom is -0.310 e. The molecule has 256 valence electrons. The topological polar surface area (TPSA) is 8.17 Å².